The molecule has 13 heavy (non-hydrogen) atoms. The van der Waals surface area contributed by atoms with Crippen molar-refractivity contribution in [1.82, 2.24) is 4.31 Å². The van der Waals surface area contributed by atoms with Crippen LogP contribution in [0.3, 0.4) is 0 Å². The van der Waals surface area contributed by atoms with E-state index in [4.69, 9.17) is 9.88 Å². The van der Waals surface area contributed by atoms with Crippen LogP contribution in [0.25, 0.3) is 0 Å². The van der Waals surface area contributed by atoms with Crippen molar-refractivity contribution in [2.24, 2.45) is 5.14 Å². The summed E-state index contributed by atoms with van der Waals surface area (Å²) >= 11 is 0. The van der Waals surface area contributed by atoms with Gasteiger partial charge in [-0.05, 0) is 12.8 Å². The average molecular weight is 208 g/mol. The van der Waals surface area contributed by atoms with E-state index in [2.05, 4.69) is 0 Å². The zero-order valence-electron chi connectivity index (χ0n) is 7.77. The first-order chi connectivity index (χ1) is 6.05. The molecule has 0 amide bonds. The van der Waals surface area contributed by atoms with Crippen molar-refractivity contribution in [2.45, 2.75) is 25.3 Å². The Bertz CT molecular complexity index is 250. The third-order valence-electron chi connectivity index (χ3n) is 2.26. The van der Waals surface area contributed by atoms with Crippen molar-refractivity contribution in [1.29, 1.82) is 0 Å². The third kappa shape index (κ3) is 2.91. The molecular formula is C7H16N2O3S. The number of methoxy groups -OCH3 is 1. The van der Waals surface area contributed by atoms with Gasteiger partial charge in [-0.2, -0.15) is 12.7 Å². The molecule has 5 nitrogen and oxygen atoms in total. The summed E-state index contributed by atoms with van der Waals surface area (Å²) in [6.45, 7) is 0.948. The van der Waals surface area contributed by atoms with Crippen LogP contribution in [0.1, 0.15) is 19.3 Å². The molecule has 2 N–H and O–H groups in total. The van der Waals surface area contributed by atoms with Gasteiger partial charge >= 0.3 is 0 Å². The molecule has 0 aromatic rings. The Hall–Kier alpha value is -0.170. The van der Waals surface area contributed by atoms with E-state index in [1.165, 1.54) is 4.31 Å². The summed E-state index contributed by atoms with van der Waals surface area (Å²) in [5, 5.41) is 5.07. The Kier molecular flexibility index (Phi) is 3.66. The number of hydrogen-bond donors (Lipinski definition) is 1. The first-order valence-electron chi connectivity index (χ1n) is 4.34. The van der Waals surface area contributed by atoms with Crippen molar-refractivity contribution in [3.63, 3.8) is 0 Å². The monoisotopic (exact) mass is 208 g/mol. The summed E-state index contributed by atoms with van der Waals surface area (Å²) in [6.07, 6.45) is 2.76. The zero-order valence-corrected chi connectivity index (χ0v) is 8.59. The molecule has 0 bridgehead atoms. The van der Waals surface area contributed by atoms with Crippen LogP contribution >= 0.6 is 0 Å². The van der Waals surface area contributed by atoms with Crippen molar-refractivity contribution in [2.75, 3.05) is 20.3 Å². The predicted octanol–water partition coefficient (Wildman–Crippen LogP) is -0.309. The van der Waals surface area contributed by atoms with E-state index in [0.717, 1.165) is 19.3 Å². The van der Waals surface area contributed by atoms with Gasteiger partial charge in [0.2, 0.25) is 0 Å². The minimum Gasteiger partial charge on any atom is -0.383 e. The minimum atomic E-state index is -3.54. The molecule has 78 valence electrons. The van der Waals surface area contributed by atoms with Crippen LogP contribution in [0.2, 0.25) is 0 Å². The summed E-state index contributed by atoms with van der Waals surface area (Å²) in [5.41, 5.74) is 0. The molecule has 1 rings (SSSR count). The van der Waals surface area contributed by atoms with Gasteiger partial charge in [-0.3, -0.25) is 0 Å². The Morgan fingerprint density at radius 1 is 1.54 bits per heavy atom. The molecule has 1 fully saturated rings. The lowest BCUT2D eigenvalue weighted by Crippen LogP contribution is -2.48. The van der Waals surface area contributed by atoms with E-state index in [9.17, 15) is 8.42 Å². The maximum absolute atomic E-state index is 11.1. The van der Waals surface area contributed by atoms with Gasteiger partial charge in [0.05, 0.1) is 6.61 Å². The van der Waals surface area contributed by atoms with E-state index in [0.29, 0.717) is 13.2 Å². The third-order valence-corrected chi connectivity index (χ3v) is 3.39. The number of rotatable bonds is 3. The van der Waals surface area contributed by atoms with Gasteiger partial charge in [-0.25, -0.2) is 5.14 Å². The fourth-order valence-corrected chi connectivity index (χ4v) is 2.63. The fraction of sp³-hybridized carbons (Fsp3) is 1.00. The van der Waals surface area contributed by atoms with Gasteiger partial charge in [0, 0.05) is 19.7 Å². The van der Waals surface area contributed by atoms with E-state index in [-0.39, 0.29) is 6.04 Å². The van der Waals surface area contributed by atoms with E-state index < -0.39 is 10.2 Å². The first kappa shape index (κ1) is 10.9. The lowest BCUT2D eigenvalue weighted by atomic mass is 10.1. The number of piperidine rings is 1. The minimum absolute atomic E-state index is 0.0752. The lowest BCUT2D eigenvalue weighted by Gasteiger charge is -2.32. The summed E-state index contributed by atoms with van der Waals surface area (Å²) < 4.78 is 28.5. The van der Waals surface area contributed by atoms with Gasteiger partial charge in [-0.1, -0.05) is 6.42 Å². The van der Waals surface area contributed by atoms with Crippen molar-refractivity contribution in [3.05, 3.63) is 0 Å². The molecule has 0 aromatic carbocycles. The Morgan fingerprint density at radius 2 is 2.23 bits per heavy atom. The second kappa shape index (κ2) is 4.36. The smallest absolute Gasteiger partial charge is 0.277 e. The quantitative estimate of drug-likeness (QED) is 0.691. The molecule has 6 heteroatoms. The highest BCUT2D eigenvalue weighted by atomic mass is 32.2. The molecule has 1 atom stereocenters. The number of nitrogens with two attached hydrogens (primary N) is 1. The predicted molar refractivity (Wildman–Crippen MR) is 49.3 cm³/mol. The average Bonchev–Trinajstić information content (AvgIpc) is 2.04. The van der Waals surface area contributed by atoms with Crippen molar-refractivity contribution < 1.29 is 13.2 Å². The zero-order chi connectivity index (χ0) is 9.90. The summed E-state index contributed by atoms with van der Waals surface area (Å²) in [4.78, 5) is 0. The van der Waals surface area contributed by atoms with Crippen LogP contribution in [0.15, 0.2) is 0 Å². The first-order valence-corrected chi connectivity index (χ1v) is 5.84. The summed E-state index contributed by atoms with van der Waals surface area (Å²) in [5.74, 6) is 0. The van der Waals surface area contributed by atoms with Gasteiger partial charge in [0.15, 0.2) is 0 Å². The Morgan fingerprint density at radius 3 is 2.77 bits per heavy atom. The van der Waals surface area contributed by atoms with Gasteiger partial charge in [0.1, 0.15) is 0 Å². The molecule has 1 aliphatic heterocycles. The highest BCUT2D eigenvalue weighted by molar-refractivity contribution is 7.86. The molecule has 1 heterocycles. The van der Waals surface area contributed by atoms with Crippen LogP contribution in [-0.4, -0.2) is 39.0 Å². The fourth-order valence-electron chi connectivity index (χ4n) is 1.67. The van der Waals surface area contributed by atoms with Crippen LogP contribution in [0, 0.1) is 0 Å². The highest BCUT2D eigenvalue weighted by Gasteiger charge is 2.29. The molecule has 0 aromatic heterocycles. The number of hydrogen-bond acceptors (Lipinski definition) is 3. The van der Waals surface area contributed by atoms with Crippen molar-refractivity contribution in [3.8, 4) is 0 Å². The molecule has 1 unspecified atom stereocenters. The SMILES string of the molecule is COCC1CCCCN1S(N)(=O)=O. The largest absolute Gasteiger partial charge is 0.383 e. The van der Waals surface area contributed by atoms with Gasteiger partial charge < -0.3 is 4.74 Å². The molecule has 0 radical (unpaired) electrons. The van der Waals surface area contributed by atoms with Crippen molar-refractivity contribution >= 4 is 10.2 Å². The lowest BCUT2D eigenvalue weighted by molar-refractivity contribution is 0.112. The second-order valence-electron chi connectivity index (χ2n) is 3.26. The highest BCUT2D eigenvalue weighted by Crippen LogP contribution is 2.18. The van der Waals surface area contributed by atoms with E-state index in [1.54, 1.807) is 7.11 Å². The molecule has 0 spiro atoms. The molecular weight excluding hydrogens is 192 g/mol. The Balaban J connectivity index is 2.67. The van der Waals surface area contributed by atoms with Crippen LogP contribution < -0.4 is 5.14 Å². The van der Waals surface area contributed by atoms with Crippen LogP contribution in [-0.2, 0) is 14.9 Å². The normalized spacial score (nSPS) is 26.2. The molecule has 1 aliphatic rings. The van der Waals surface area contributed by atoms with Crippen LogP contribution in [0.5, 0.6) is 0 Å². The summed E-state index contributed by atoms with van der Waals surface area (Å²) in [6, 6.07) is -0.0752. The van der Waals surface area contributed by atoms with E-state index >= 15 is 0 Å². The Labute approximate surface area is 79.0 Å². The molecule has 0 aliphatic carbocycles. The van der Waals surface area contributed by atoms with Gasteiger partial charge in [-0.15, -0.1) is 0 Å². The van der Waals surface area contributed by atoms with E-state index in [1.807, 2.05) is 0 Å². The summed E-state index contributed by atoms with van der Waals surface area (Å²) in [7, 11) is -1.98. The van der Waals surface area contributed by atoms with Crippen LogP contribution in [0.4, 0.5) is 0 Å². The standard InChI is InChI=1S/C7H16N2O3S/c1-12-6-7-4-2-3-5-9(7)13(8,10)11/h7H,2-6H2,1H3,(H2,8,10,11). The maximum Gasteiger partial charge on any atom is 0.277 e. The molecule has 1 saturated heterocycles. The maximum atomic E-state index is 11.1. The topological polar surface area (TPSA) is 72.6 Å². The van der Waals surface area contributed by atoms with Gasteiger partial charge in [0.25, 0.3) is 10.2 Å². The number of nitrogens with zero attached hydrogens (tertiary/aromatic N) is 1. The number of ether oxygens (including phenoxy) is 1. The molecule has 0 saturated carbocycles. The second-order valence-corrected chi connectivity index (χ2v) is 4.76.